The van der Waals surface area contributed by atoms with Crippen molar-refractivity contribution in [2.45, 2.75) is 31.5 Å². The van der Waals surface area contributed by atoms with E-state index < -0.39 is 0 Å². The number of aliphatic hydroxyl groups is 1. The molecule has 0 aromatic rings. The van der Waals surface area contributed by atoms with Gasteiger partial charge in [-0.2, -0.15) is 0 Å². The molecule has 1 N–H and O–H groups in total. The van der Waals surface area contributed by atoms with Crippen LogP contribution in [-0.2, 0) is 9.53 Å². The standard InChI is InChI=1S/C16H26N2O3/c1-2-4-17-6-7-21-15-11-18(5-3-12(15)10-17)16(20)13-8-14(19)9-13/h2,12-15,19H,1,3-11H2/t12-,13?,14?,15-/m1/s1. The zero-order valence-corrected chi connectivity index (χ0v) is 12.6. The Hall–Kier alpha value is -0.910. The molecule has 21 heavy (non-hydrogen) atoms. The van der Waals surface area contributed by atoms with Gasteiger partial charge in [-0.05, 0) is 19.3 Å². The second kappa shape index (κ2) is 6.46. The highest BCUT2D eigenvalue weighted by molar-refractivity contribution is 5.80. The number of hydrogen-bond acceptors (Lipinski definition) is 4. The molecule has 0 unspecified atom stereocenters. The molecule has 5 heteroatoms. The van der Waals surface area contributed by atoms with E-state index >= 15 is 0 Å². The number of rotatable bonds is 3. The van der Waals surface area contributed by atoms with Gasteiger partial charge in [-0.25, -0.2) is 0 Å². The summed E-state index contributed by atoms with van der Waals surface area (Å²) in [5.41, 5.74) is 0. The second-order valence-corrected chi connectivity index (χ2v) is 6.61. The van der Waals surface area contributed by atoms with Gasteiger partial charge in [0.25, 0.3) is 0 Å². The summed E-state index contributed by atoms with van der Waals surface area (Å²) in [5.74, 6) is 0.776. The number of likely N-dealkylation sites (tertiary alicyclic amines) is 1. The molecule has 0 radical (unpaired) electrons. The van der Waals surface area contributed by atoms with Crippen LogP contribution in [-0.4, -0.2) is 72.4 Å². The normalized spacial score (nSPS) is 37.3. The maximum absolute atomic E-state index is 12.4. The summed E-state index contributed by atoms with van der Waals surface area (Å²) in [5, 5.41) is 9.36. The van der Waals surface area contributed by atoms with Gasteiger partial charge in [0.1, 0.15) is 0 Å². The molecular weight excluding hydrogens is 268 g/mol. The number of carbonyl (C=O) groups is 1. The van der Waals surface area contributed by atoms with Gasteiger partial charge in [-0.15, -0.1) is 6.58 Å². The van der Waals surface area contributed by atoms with Crippen molar-refractivity contribution in [2.75, 3.05) is 39.3 Å². The monoisotopic (exact) mass is 294 g/mol. The number of ether oxygens (including phenoxy) is 1. The Morgan fingerprint density at radius 1 is 1.33 bits per heavy atom. The van der Waals surface area contributed by atoms with Crippen molar-refractivity contribution < 1.29 is 14.6 Å². The average molecular weight is 294 g/mol. The van der Waals surface area contributed by atoms with E-state index in [1.807, 2.05) is 11.0 Å². The van der Waals surface area contributed by atoms with E-state index in [2.05, 4.69) is 11.5 Å². The van der Waals surface area contributed by atoms with Crippen molar-refractivity contribution in [3.05, 3.63) is 12.7 Å². The Labute approximate surface area is 126 Å². The van der Waals surface area contributed by atoms with E-state index in [1.54, 1.807) is 0 Å². The van der Waals surface area contributed by atoms with E-state index in [4.69, 9.17) is 4.74 Å². The molecule has 0 aromatic heterocycles. The van der Waals surface area contributed by atoms with Gasteiger partial charge in [0.05, 0.1) is 18.8 Å². The first-order valence-corrected chi connectivity index (χ1v) is 8.09. The molecule has 118 valence electrons. The quantitative estimate of drug-likeness (QED) is 0.770. The number of amides is 1. The van der Waals surface area contributed by atoms with Crippen LogP contribution in [0.5, 0.6) is 0 Å². The highest BCUT2D eigenvalue weighted by atomic mass is 16.5. The molecule has 2 heterocycles. The lowest BCUT2D eigenvalue weighted by Crippen LogP contribution is -2.52. The van der Waals surface area contributed by atoms with Crippen LogP contribution in [0.3, 0.4) is 0 Å². The first-order valence-electron chi connectivity index (χ1n) is 8.09. The minimum absolute atomic E-state index is 0.0413. The molecule has 1 amide bonds. The molecule has 3 aliphatic rings. The Morgan fingerprint density at radius 2 is 2.14 bits per heavy atom. The molecule has 0 spiro atoms. The van der Waals surface area contributed by atoms with E-state index in [9.17, 15) is 9.90 Å². The van der Waals surface area contributed by atoms with E-state index in [0.717, 1.165) is 45.8 Å². The van der Waals surface area contributed by atoms with Gasteiger partial charge in [-0.3, -0.25) is 9.69 Å². The van der Waals surface area contributed by atoms with Crippen molar-refractivity contribution >= 4 is 5.91 Å². The van der Waals surface area contributed by atoms with Crippen LogP contribution < -0.4 is 0 Å². The third-order valence-corrected chi connectivity index (χ3v) is 5.09. The highest BCUT2D eigenvalue weighted by Crippen LogP contribution is 2.31. The van der Waals surface area contributed by atoms with Crippen LogP contribution >= 0.6 is 0 Å². The van der Waals surface area contributed by atoms with Crippen molar-refractivity contribution in [3.8, 4) is 0 Å². The van der Waals surface area contributed by atoms with E-state index in [0.29, 0.717) is 18.8 Å². The Bertz CT molecular complexity index is 395. The first kappa shape index (κ1) is 15.0. The minimum Gasteiger partial charge on any atom is -0.393 e. The zero-order chi connectivity index (χ0) is 14.8. The largest absolute Gasteiger partial charge is 0.393 e. The van der Waals surface area contributed by atoms with E-state index in [1.165, 1.54) is 0 Å². The molecule has 2 atom stereocenters. The summed E-state index contributed by atoms with van der Waals surface area (Å²) in [4.78, 5) is 16.7. The molecule has 2 saturated heterocycles. The Morgan fingerprint density at radius 3 is 2.86 bits per heavy atom. The predicted octanol–water partition coefficient (Wildman–Crippen LogP) is 0.493. The summed E-state index contributed by atoms with van der Waals surface area (Å²) in [6.07, 6.45) is 4.13. The fourth-order valence-corrected chi connectivity index (χ4v) is 3.72. The van der Waals surface area contributed by atoms with Gasteiger partial charge in [0.2, 0.25) is 5.91 Å². The van der Waals surface area contributed by atoms with Gasteiger partial charge in [-0.1, -0.05) is 6.08 Å². The van der Waals surface area contributed by atoms with Crippen molar-refractivity contribution in [1.82, 2.24) is 9.80 Å². The number of piperidine rings is 1. The Balaban J connectivity index is 1.55. The van der Waals surface area contributed by atoms with Crippen LogP contribution in [0.25, 0.3) is 0 Å². The van der Waals surface area contributed by atoms with Crippen molar-refractivity contribution in [1.29, 1.82) is 0 Å². The third-order valence-electron chi connectivity index (χ3n) is 5.09. The van der Waals surface area contributed by atoms with Crippen LogP contribution in [0.4, 0.5) is 0 Å². The summed E-state index contributed by atoms with van der Waals surface area (Å²) in [7, 11) is 0. The summed E-state index contributed by atoms with van der Waals surface area (Å²) in [6, 6.07) is 0. The molecular formula is C16H26N2O3. The lowest BCUT2D eigenvalue weighted by atomic mass is 9.80. The van der Waals surface area contributed by atoms with E-state index in [-0.39, 0.29) is 24.0 Å². The lowest BCUT2D eigenvalue weighted by molar-refractivity contribution is -0.147. The zero-order valence-electron chi connectivity index (χ0n) is 12.6. The molecule has 1 aliphatic carbocycles. The summed E-state index contributed by atoms with van der Waals surface area (Å²) < 4.78 is 6.00. The van der Waals surface area contributed by atoms with Crippen molar-refractivity contribution in [2.24, 2.45) is 11.8 Å². The van der Waals surface area contributed by atoms with Gasteiger partial charge in [0, 0.05) is 44.6 Å². The first-order chi connectivity index (χ1) is 10.2. The summed E-state index contributed by atoms with van der Waals surface area (Å²) in [6.45, 7) is 9.00. The molecule has 0 bridgehead atoms. The fraction of sp³-hybridized carbons (Fsp3) is 0.812. The van der Waals surface area contributed by atoms with Crippen LogP contribution in [0.15, 0.2) is 12.7 Å². The maximum Gasteiger partial charge on any atom is 0.225 e. The molecule has 0 aromatic carbocycles. The molecule has 2 aliphatic heterocycles. The van der Waals surface area contributed by atoms with Gasteiger partial charge < -0.3 is 14.7 Å². The second-order valence-electron chi connectivity index (χ2n) is 6.61. The van der Waals surface area contributed by atoms with Crippen LogP contribution in [0.2, 0.25) is 0 Å². The topological polar surface area (TPSA) is 53.0 Å². The fourth-order valence-electron chi connectivity index (χ4n) is 3.72. The number of nitrogens with zero attached hydrogens (tertiary/aromatic N) is 2. The predicted molar refractivity (Wildman–Crippen MR) is 79.8 cm³/mol. The number of aliphatic hydroxyl groups excluding tert-OH is 1. The van der Waals surface area contributed by atoms with Crippen LogP contribution in [0, 0.1) is 11.8 Å². The number of carbonyl (C=O) groups excluding carboxylic acids is 1. The summed E-state index contributed by atoms with van der Waals surface area (Å²) >= 11 is 0. The average Bonchev–Trinajstić information content (AvgIpc) is 2.64. The van der Waals surface area contributed by atoms with Gasteiger partial charge >= 0.3 is 0 Å². The van der Waals surface area contributed by atoms with Crippen LogP contribution in [0.1, 0.15) is 19.3 Å². The maximum atomic E-state index is 12.4. The third kappa shape index (κ3) is 3.30. The number of hydrogen-bond donors (Lipinski definition) is 1. The smallest absolute Gasteiger partial charge is 0.225 e. The minimum atomic E-state index is -0.266. The van der Waals surface area contributed by atoms with Gasteiger partial charge in [0.15, 0.2) is 0 Å². The van der Waals surface area contributed by atoms with Crippen molar-refractivity contribution in [3.63, 3.8) is 0 Å². The number of fused-ring (bicyclic) bond motifs is 1. The molecule has 1 saturated carbocycles. The molecule has 3 rings (SSSR count). The SMILES string of the molecule is C=CCN1CCO[C@@H]2CN(C(=O)C3CC(O)C3)CC[C@@H]2C1. The lowest BCUT2D eigenvalue weighted by Gasteiger charge is -2.41. The highest BCUT2D eigenvalue weighted by Gasteiger charge is 2.40. The Kier molecular flexibility index (Phi) is 4.62. The molecule has 3 fully saturated rings. The molecule has 5 nitrogen and oxygen atoms in total.